The predicted molar refractivity (Wildman–Crippen MR) is 146 cm³/mol. The summed E-state index contributed by atoms with van der Waals surface area (Å²) >= 11 is 0. The van der Waals surface area contributed by atoms with Crippen molar-refractivity contribution >= 4 is 16.9 Å². The second-order valence-corrected chi connectivity index (χ2v) is 8.91. The van der Waals surface area contributed by atoms with Gasteiger partial charge in [0, 0.05) is 11.5 Å². The minimum atomic E-state index is -0.508. The van der Waals surface area contributed by atoms with Crippen LogP contribution in [0.5, 0.6) is 17.2 Å². The number of ether oxygens (including phenoxy) is 4. The van der Waals surface area contributed by atoms with Crippen molar-refractivity contribution in [2.75, 3.05) is 27.9 Å². The quantitative estimate of drug-likeness (QED) is 0.186. The van der Waals surface area contributed by atoms with Crippen LogP contribution in [-0.4, -0.2) is 33.9 Å². The number of carbonyl (C=O) groups is 1. The average molecular weight is 515 g/mol. The van der Waals surface area contributed by atoms with Gasteiger partial charge in [0.2, 0.25) is 5.43 Å². The molecule has 0 aliphatic rings. The fourth-order valence-corrected chi connectivity index (χ4v) is 4.32. The molecule has 0 radical (unpaired) electrons. The van der Waals surface area contributed by atoms with Crippen molar-refractivity contribution in [1.29, 1.82) is 0 Å². The first kappa shape index (κ1) is 26.5. The molecule has 3 aromatic carbocycles. The zero-order valence-corrected chi connectivity index (χ0v) is 21.9. The van der Waals surface area contributed by atoms with Crippen LogP contribution in [-0.2, 0) is 9.53 Å². The minimum Gasteiger partial charge on any atom is -0.497 e. The van der Waals surface area contributed by atoms with Gasteiger partial charge in [-0.25, -0.2) is 0 Å². The van der Waals surface area contributed by atoms with Crippen LogP contribution in [0.3, 0.4) is 0 Å². The first-order valence-corrected chi connectivity index (χ1v) is 12.1. The predicted octanol–water partition coefficient (Wildman–Crippen LogP) is 6.13. The van der Waals surface area contributed by atoms with Gasteiger partial charge < -0.3 is 23.4 Å². The Labute approximate surface area is 221 Å². The van der Waals surface area contributed by atoms with Crippen LogP contribution in [0.2, 0.25) is 0 Å². The Morgan fingerprint density at radius 1 is 0.921 bits per heavy atom. The Morgan fingerprint density at radius 3 is 2.21 bits per heavy atom. The molecule has 4 rings (SSSR count). The lowest BCUT2D eigenvalue weighted by molar-refractivity contribution is -0.140. The lowest BCUT2D eigenvalue weighted by Crippen LogP contribution is -2.13. The van der Waals surface area contributed by atoms with Gasteiger partial charge in [0.25, 0.3) is 0 Å². The van der Waals surface area contributed by atoms with E-state index in [1.54, 1.807) is 43.5 Å². The van der Waals surface area contributed by atoms with Gasteiger partial charge in [-0.05, 0) is 60.0 Å². The third kappa shape index (κ3) is 5.57. The van der Waals surface area contributed by atoms with Gasteiger partial charge in [-0.1, -0.05) is 30.8 Å². The fraction of sp³-hybridized carbons (Fsp3) is 0.226. The summed E-state index contributed by atoms with van der Waals surface area (Å²) in [5.41, 5.74) is 3.58. The van der Waals surface area contributed by atoms with Crippen molar-refractivity contribution in [2.24, 2.45) is 0 Å². The van der Waals surface area contributed by atoms with E-state index in [9.17, 15) is 9.59 Å². The summed E-state index contributed by atoms with van der Waals surface area (Å²) < 4.78 is 27.7. The van der Waals surface area contributed by atoms with E-state index in [-0.39, 0.29) is 11.8 Å². The maximum Gasteiger partial charge on any atom is 0.306 e. The zero-order chi connectivity index (χ0) is 27.2. The Morgan fingerprint density at radius 2 is 1.61 bits per heavy atom. The van der Waals surface area contributed by atoms with Gasteiger partial charge in [-0.2, -0.15) is 0 Å². The Kier molecular flexibility index (Phi) is 8.16. The van der Waals surface area contributed by atoms with E-state index < -0.39 is 11.9 Å². The zero-order valence-electron chi connectivity index (χ0n) is 21.9. The monoisotopic (exact) mass is 514 g/mol. The number of fused-ring (bicyclic) bond motifs is 1. The van der Waals surface area contributed by atoms with E-state index in [1.807, 2.05) is 31.2 Å². The molecule has 1 atom stereocenters. The summed E-state index contributed by atoms with van der Waals surface area (Å²) in [6.45, 7) is 6.15. The molecule has 0 unspecified atom stereocenters. The summed E-state index contributed by atoms with van der Waals surface area (Å²) in [5.74, 6) is 0.941. The lowest BCUT2D eigenvalue weighted by Gasteiger charge is -2.21. The molecule has 7 heteroatoms. The Balaban J connectivity index is 1.85. The highest BCUT2D eigenvalue weighted by Crippen LogP contribution is 2.40. The van der Waals surface area contributed by atoms with Crippen LogP contribution < -0.4 is 19.6 Å². The van der Waals surface area contributed by atoms with Crippen LogP contribution in [0.15, 0.2) is 88.3 Å². The van der Waals surface area contributed by atoms with E-state index in [2.05, 4.69) is 6.58 Å². The fourth-order valence-electron chi connectivity index (χ4n) is 4.32. The van der Waals surface area contributed by atoms with Crippen molar-refractivity contribution in [3.63, 3.8) is 0 Å². The molecule has 0 bridgehead atoms. The number of carbonyl (C=O) groups excluding carboxylic acids is 1. The first-order chi connectivity index (χ1) is 18.4. The highest BCUT2D eigenvalue weighted by Gasteiger charge is 2.27. The van der Waals surface area contributed by atoms with Crippen molar-refractivity contribution in [2.45, 2.75) is 19.3 Å². The van der Waals surface area contributed by atoms with Crippen LogP contribution in [0.1, 0.15) is 30.4 Å². The second-order valence-electron chi connectivity index (χ2n) is 8.91. The molecular formula is C31H30O7. The van der Waals surface area contributed by atoms with E-state index in [4.69, 9.17) is 23.4 Å². The molecule has 0 saturated heterocycles. The highest BCUT2D eigenvalue weighted by molar-refractivity contribution is 5.87. The molecule has 0 aliphatic carbocycles. The maximum absolute atomic E-state index is 13.6. The van der Waals surface area contributed by atoms with Crippen LogP contribution in [0.4, 0.5) is 0 Å². The third-order valence-electron chi connectivity index (χ3n) is 6.28. The van der Waals surface area contributed by atoms with Crippen molar-refractivity contribution in [1.82, 2.24) is 0 Å². The van der Waals surface area contributed by atoms with E-state index in [0.29, 0.717) is 51.5 Å². The van der Waals surface area contributed by atoms with Crippen molar-refractivity contribution in [3.05, 3.63) is 100 Å². The summed E-state index contributed by atoms with van der Waals surface area (Å²) in [6.07, 6.45) is 1.46. The molecule has 1 heterocycles. The van der Waals surface area contributed by atoms with Gasteiger partial charge in [0.1, 0.15) is 35.7 Å². The van der Waals surface area contributed by atoms with Crippen LogP contribution in [0.25, 0.3) is 22.1 Å². The molecule has 38 heavy (non-hydrogen) atoms. The molecule has 0 spiro atoms. The molecule has 0 aliphatic heterocycles. The summed E-state index contributed by atoms with van der Waals surface area (Å²) in [7, 11) is 4.47. The number of methoxy groups -OCH3 is 3. The average Bonchev–Trinajstić information content (AvgIpc) is 2.95. The highest BCUT2D eigenvalue weighted by atomic mass is 16.5. The van der Waals surface area contributed by atoms with Gasteiger partial charge in [-0.15, -0.1) is 0 Å². The molecule has 0 fully saturated rings. The summed E-state index contributed by atoms with van der Waals surface area (Å²) in [4.78, 5) is 26.1. The standard InChI is InChI=1S/C31H30O7/c1-19(2)17-37-23-12-8-20(9-13-23)25(16-28(32)36-5)29-27(35-4)15-14-24-30(33)26(18-38-31(24)29)21-6-10-22(34-3)11-7-21/h6-15,18,25H,1,16-17H2,2-5H3/t25-/m0/s1. The molecule has 4 aromatic rings. The molecular weight excluding hydrogens is 484 g/mol. The first-order valence-electron chi connectivity index (χ1n) is 12.1. The third-order valence-corrected chi connectivity index (χ3v) is 6.28. The number of rotatable bonds is 10. The van der Waals surface area contributed by atoms with Crippen LogP contribution >= 0.6 is 0 Å². The van der Waals surface area contributed by atoms with Crippen LogP contribution in [0, 0.1) is 0 Å². The molecule has 0 amide bonds. The van der Waals surface area contributed by atoms with E-state index >= 15 is 0 Å². The number of esters is 1. The molecule has 0 N–H and O–H groups in total. The smallest absolute Gasteiger partial charge is 0.306 e. The Hall–Kier alpha value is -4.52. The maximum atomic E-state index is 13.6. The van der Waals surface area contributed by atoms with Crippen molar-refractivity contribution in [3.8, 4) is 28.4 Å². The lowest BCUT2D eigenvalue weighted by atomic mass is 9.86. The summed E-state index contributed by atoms with van der Waals surface area (Å²) in [6, 6.07) is 18.0. The SMILES string of the molecule is C=C(C)COc1ccc([C@H](CC(=O)OC)c2c(OC)ccc3c(=O)c(-c4ccc(OC)cc4)coc23)cc1. The van der Waals surface area contributed by atoms with E-state index in [0.717, 1.165) is 11.1 Å². The topological polar surface area (TPSA) is 84.2 Å². The second kappa shape index (κ2) is 11.7. The van der Waals surface area contributed by atoms with Gasteiger partial charge in [0.15, 0.2) is 0 Å². The van der Waals surface area contributed by atoms with Crippen molar-refractivity contribution < 1.29 is 28.2 Å². The molecule has 7 nitrogen and oxygen atoms in total. The molecule has 196 valence electrons. The molecule has 1 aromatic heterocycles. The summed E-state index contributed by atoms with van der Waals surface area (Å²) in [5, 5.41) is 0.380. The van der Waals surface area contributed by atoms with Gasteiger partial charge in [0.05, 0.1) is 38.7 Å². The Bertz CT molecular complexity index is 1500. The molecule has 0 saturated carbocycles. The number of hydrogen-bond donors (Lipinski definition) is 0. The largest absolute Gasteiger partial charge is 0.497 e. The van der Waals surface area contributed by atoms with E-state index in [1.165, 1.54) is 20.5 Å². The normalized spacial score (nSPS) is 11.6. The minimum absolute atomic E-state index is 0.0158. The number of hydrogen-bond acceptors (Lipinski definition) is 7. The number of benzene rings is 3. The van der Waals surface area contributed by atoms with Gasteiger partial charge >= 0.3 is 5.97 Å². The van der Waals surface area contributed by atoms with Gasteiger partial charge in [-0.3, -0.25) is 9.59 Å².